The van der Waals surface area contributed by atoms with Crippen molar-refractivity contribution in [3.05, 3.63) is 86.6 Å². The third-order valence-electron chi connectivity index (χ3n) is 4.00. The fraction of sp³-hybridized carbons (Fsp3) is 0.143. The smallest absolute Gasteiger partial charge is 0.261 e. The zero-order chi connectivity index (χ0) is 19.9. The van der Waals surface area contributed by atoms with Crippen LogP contribution in [0.15, 0.2) is 65.5 Å². The van der Waals surface area contributed by atoms with E-state index in [0.29, 0.717) is 41.1 Å². The summed E-state index contributed by atoms with van der Waals surface area (Å²) in [7, 11) is 0. The van der Waals surface area contributed by atoms with Crippen molar-refractivity contribution < 1.29 is 9.53 Å². The molecule has 0 atom stereocenters. The summed E-state index contributed by atoms with van der Waals surface area (Å²) in [5.41, 5.74) is 1.18. The number of hydrogen-bond donors (Lipinski definition) is 2. The SMILES string of the molecule is O=C(NCCCOc1ccc(Cl)cc1Cl)c1ccc(-c2ccccc2)[nH]c1=O. The van der Waals surface area contributed by atoms with Gasteiger partial charge >= 0.3 is 0 Å². The van der Waals surface area contributed by atoms with E-state index in [4.69, 9.17) is 27.9 Å². The highest BCUT2D eigenvalue weighted by atomic mass is 35.5. The quantitative estimate of drug-likeness (QED) is 0.555. The Balaban J connectivity index is 1.50. The highest BCUT2D eigenvalue weighted by Gasteiger charge is 2.11. The highest BCUT2D eigenvalue weighted by Crippen LogP contribution is 2.27. The van der Waals surface area contributed by atoms with Crippen LogP contribution in [0.25, 0.3) is 11.3 Å². The van der Waals surface area contributed by atoms with E-state index in [1.165, 1.54) is 6.07 Å². The van der Waals surface area contributed by atoms with Gasteiger partial charge in [-0.15, -0.1) is 0 Å². The van der Waals surface area contributed by atoms with Crippen LogP contribution in [0, 0.1) is 0 Å². The Labute approximate surface area is 172 Å². The third-order valence-corrected chi connectivity index (χ3v) is 4.53. The predicted molar refractivity (Wildman–Crippen MR) is 111 cm³/mol. The fourth-order valence-electron chi connectivity index (χ4n) is 2.58. The molecule has 2 aromatic carbocycles. The number of rotatable bonds is 7. The number of H-pyrrole nitrogens is 1. The molecule has 0 bridgehead atoms. The molecule has 0 fully saturated rings. The summed E-state index contributed by atoms with van der Waals surface area (Å²) in [6.07, 6.45) is 0.560. The molecule has 3 aromatic rings. The molecule has 0 aliphatic carbocycles. The van der Waals surface area contributed by atoms with Gasteiger partial charge in [0, 0.05) is 17.3 Å². The van der Waals surface area contributed by atoms with Crippen molar-refractivity contribution in [2.24, 2.45) is 0 Å². The van der Waals surface area contributed by atoms with Gasteiger partial charge in [-0.05, 0) is 42.3 Å². The molecule has 3 rings (SSSR count). The molecular formula is C21H18Cl2N2O3. The van der Waals surface area contributed by atoms with E-state index >= 15 is 0 Å². The van der Waals surface area contributed by atoms with Crippen LogP contribution in [0.1, 0.15) is 16.8 Å². The molecular weight excluding hydrogens is 399 g/mol. The number of aromatic amines is 1. The number of nitrogens with one attached hydrogen (secondary N) is 2. The Kier molecular flexibility index (Phi) is 6.74. The maximum Gasteiger partial charge on any atom is 0.261 e. The van der Waals surface area contributed by atoms with Crippen molar-refractivity contribution in [2.75, 3.05) is 13.2 Å². The van der Waals surface area contributed by atoms with Crippen molar-refractivity contribution in [3.8, 4) is 17.0 Å². The minimum absolute atomic E-state index is 0.0707. The van der Waals surface area contributed by atoms with Crippen LogP contribution in [0.2, 0.25) is 10.0 Å². The lowest BCUT2D eigenvalue weighted by molar-refractivity contribution is 0.0950. The molecule has 0 saturated heterocycles. The van der Waals surface area contributed by atoms with Crippen LogP contribution in [0.5, 0.6) is 5.75 Å². The van der Waals surface area contributed by atoms with Crippen molar-refractivity contribution in [2.45, 2.75) is 6.42 Å². The number of aromatic nitrogens is 1. The van der Waals surface area contributed by atoms with E-state index in [0.717, 1.165) is 5.56 Å². The van der Waals surface area contributed by atoms with Gasteiger partial charge in [-0.3, -0.25) is 9.59 Å². The molecule has 2 N–H and O–H groups in total. The number of hydrogen-bond acceptors (Lipinski definition) is 3. The van der Waals surface area contributed by atoms with E-state index in [1.54, 1.807) is 24.3 Å². The van der Waals surface area contributed by atoms with Gasteiger partial charge in [0.1, 0.15) is 11.3 Å². The van der Waals surface area contributed by atoms with E-state index in [2.05, 4.69) is 10.3 Å². The van der Waals surface area contributed by atoms with Gasteiger partial charge in [0.05, 0.1) is 11.6 Å². The summed E-state index contributed by atoms with van der Waals surface area (Å²) < 4.78 is 5.56. The van der Waals surface area contributed by atoms with Crippen LogP contribution < -0.4 is 15.6 Å². The largest absolute Gasteiger partial charge is 0.492 e. The molecule has 144 valence electrons. The molecule has 28 heavy (non-hydrogen) atoms. The second-order valence-electron chi connectivity index (χ2n) is 6.01. The van der Waals surface area contributed by atoms with Crippen molar-refractivity contribution in [1.82, 2.24) is 10.3 Å². The number of carbonyl (C=O) groups excluding carboxylic acids is 1. The first kappa shape index (κ1) is 20.0. The minimum atomic E-state index is -0.428. The molecule has 0 radical (unpaired) electrons. The zero-order valence-corrected chi connectivity index (χ0v) is 16.4. The van der Waals surface area contributed by atoms with E-state index < -0.39 is 11.5 Å². The first-order valence-corrected chi connectivity index (χ1v) is 9.45. The Hall–Kier alpha value is -2.76. The Morgan fingerprint density at radius 3 is 2.54 bits per heavy atom. The molecule has 0 saturated carbocycles. The lowest BCUT2D eigenvalue weighted by atomic mass is 10.1. The number of ether oxygens (including phenoxy) is 1. The number of amides is 1. The lowest BCUT2D eigenvalue weighted by Gasteiger charge is -2.09. The average molecular weight is 417 g/mol. The standard InChI is InChI=1S/C21H18Cl2N2O3/c22-15-7-10-19(17(23)13-15)28-12-4-11-24-20(26)16-8-9-18(25-21(16)27)14-5-2-1-3-6-14/h1-3,5-10,13H,4,11-12H2,(H,24,26)(H,25,27). The molecule has 0 spiro atoms. The van der Waals surface area contributed by atoms with Crippen molar-refractivity contribution >= 4 is 29.1 Å². The number of halogens is 2. The highest BCUT2D eigenvalue weighted by molar-refractivity contribution is 6.35. The van der Waals surface area contributed by atoms with Crippen LogP contribution in [0.3, 0.4) is 0 Å². The van der Waals surface area contributed by atoms with E-state index in [1.807, 2.05) is 30.3 Å². The average Bonchev–Trinajstić information content (AvgIpc) is 2.69. The molecule has 1 amide bonds. The van der Waals surface area contributed by atoms with E-state index in [-0.39, 0.29) is 5.56 Å². The minimum Gasteiger partial charge on any atom is -0.492 e. The molecule has 0 unspecified atom stereocenters. The summed E-state index contributed by atoms with van der Waals surface area (Å²) in [5.74, 6) is 0.107. The molecule has 1 heterocycles. The Morgan fingerprint density at radius 2 is 1.82 bits per heavy atom. The van der Waals surface area contributed by atoms with Crippen LogP contribution in [-0.2, 0) is 0 Å². The second kappa shape index (κ2) is 9.44. The van der Waals surface area contributed by atoms with Crippen LogP contribution in [0.4, 0.5) is 0 Å². The van der Waals surface area contributed by atoms with Crippen molar-refractivity contribution in [3.63, 3.8) is 0 Å². The summed E-state index contributed by atoms with van der Waals surface area (Å²) in [5, 5.41) is 3.68. The summed E-state index contributed by atoms with van der Waals surface area (Å²) in [4.78, 5) is 27.2. The van der Waals surface area contributed by atoms with Gasteiger partial charge in [-0.25, -0.2) is 0 Å². The lowest BCUT2D eigenvalue weighted by Crippen LogP contribution is -2.30. The van der Waals surface area contributed by atoms with Gasteiger partial charge < -0.3 is 15.0 Å². The zero-order valence-electron chi connectivity index (χ0n) is 14.9. The van der Waals surface area contributed by atoms with Crippen LogP contribution in [-0.4, -0.2) is 24.0 Å². The second-order valence-corrected chi connectivity index (χ2v) is 6.86. The van der Waals surface area contributed by atoms with Crippen molar-refractivity contribution in [1.29, 1.82) is 0 Å². The predicted octanol–water partition coefficient (Wildman–Crippen LogP) is 4.55. The van der Waals surface area contributed by atoms with Gasteiger partial charge in [0.15, 0.2) is 0 Å². The van der Waals surface area contributed by atoms with Gasteiger partial charge in [0.2, 0.25) is 0 Å². The first-order chi connectivity index (χ1) is 13.5. The summed E-state index contributed by atoms with van der Waals surface area (Å²) >= 11 is 11.9. The Bertz CT molecular complexity index is 1020. The van der Waals surface area contributed by atoms with Gasteiger partial charge in [0.25, 0.3) is 11.5 Å². The monoisotopic (exact) mass is 416 g/mol. The number of benzene rings is 2. The normalized spacial score (nSPS) is 10.5. The molecule has 0 aliphatic rings. The summed E-state index contributed by atoms with van der Waals surface area (Å²) in [6, 6.07) is 17.7. The molecule has 1 aromatic heterocycles. The fourth-order valence-corrected chi connectivity index (χ4v) is 3.05. The molecule has 7 heteroatoms. The van der Waals surface area contributed by atoms with Gasteiger partial charge in [-0.2, -0.15) is 0 Å². The summed E-state index contributed by atoms with van der Waals surface area (Å²) in [6.45, 7) is 0.731. The molecule has 0 aliphatic heterocycles. The topological polar surface area (TPSA) is 71.2 Å². The van der Waals surface area contributed by atoms with E-state index in [9.17, 15) is 9.59 Å². The van der Waals surface area contributed by atoms with Crippen LogP contribution >= 0.6 is 23.2 Å². The third kappa shape index (κ3) is 5.15. The number of carbonyl (C=O) groups is 1. The molecule has 5 nitrogen and oxygen atoms in total. The van der Waals surface area contributed by atoms with Gasteiger partial charge in [-0.1, -0.05) is 53.5 Å². The Morgan fingerprint density at radius 1 is 1.04 bits per heavy atom. The number of pyridine rings is 1. The first-order valence-electron chi connectivity index (χ1n) is 8.69. The maximum atomic E-state index is 12.2. The maximum absolute atomic E-state index is 12.2.